The van der Waals surface area contributed by atoms with Crippen molar-refractivity contribution in [3.63, 3.8) is 0 Å². The largest absolute Gasteiger partial charge is 0.855 e. The van der Waals surface area contributed by atoms with E-state index in [1.54, 1.807) is 13.8 Å². The average Bonchev–Trinajstić information content (AvgIpc) is 1.88. The van der Waals surface area contributed by atoms with Gasteiger partial charge in [0.15, 0.2) is 0 Å². The molecule has 0 aliphatic carbocycles. The van der Waals surface area contributed by atoms with Crippen molar-refractivity contribution >= 4 is 5.97 Å². The van der Waals surface area contributed by atoms with E-state index in [1.807, 2.05) is 0 Å². The Hall–Kier alpha value is -0.940. The third kappa shape index (κ3) is 74.2. The molecule has 12 N–H and O–H groups in total. The van der Waals surface area contributed by atoms with Crippen molar-refractivity contribution in [3.8, 4) is 0 Å². The maximum absolute atomic E-state index is 10.5. The minimum absolute atomic E-state index is 0. The van der Waals surface area contributed by atoms with Gasteiger partial charge in [-0.3, -0.25) is 0 Å². The van der Waals surface area contributed by atoms with Crippen LogP contribution in [0.3, 0.4) is 0 Å². The minimum atomic E-state index is -5.19. The Balaban J connectivity index is -0.0000000244. The highest BCUT2D eigenvalue weighted by molar-refractivity contribution is 5.70. The Labute approximate surface area is 92.0 Å². The molecule has 0 saturated carbocycles. The summed E-state index contributed by atoms with van der Waals surface area (Å²) in [5.74, 6) is -3.01. The summed E-state index contributed by atoms with van der Waals surface area (Å²) in [5.41, 5.74) is 0. The summed E-state index contributed by atoms with van der Waals surface area (Å²) in [7, 11) is 0. The number of hydrogen-bond acceptors (Lipinski definition) is 4. The normalized spacial score (nSPS) is 7.19. The highest BCUT2D eigenvalue weighted by Gasteiger charge is 2.28. The van der Waals surface area contributed by atoms with Crippen molar-refractivity contribution < 1.29 is 33.3 Å². The highest BCUT2D eigenvalue weighted by Crippen LogP contribution is 2.11. The lowest BCUT2D eigenvalue weighted by molar-refractivity contribution is -0.362. The second-order valence-electron chi connectivity index (χ2n) is 1.36. The van der Waals surface area contributed by atoms with E-state index in [0.717, 1.165) is 0 Å². The van der Waals surface area contributed by atoms with Gasteiger partial charge in [-0.1, -0.05) is 13.8 Å². The average molecular weight is 257 g/mol. The summed E-state index contributed by atoms with van der Waals surface area (Å²) in [5, 5.41) is 26.6. The third-order valence-corrected chi connectivity index (χ3v) is 0.231. The van der Waals surface area contributed by atoms with Crippen LogP contribution in [0.2, 0.25) is 0 Å². The van der Waals surface area contributed by atoms with Crippen molar-refractivity contribution in [1.82, 2.24) is 18.5 Å². The van der Waals surface area contributed by atoms with E-state index in [-0.39, 0.29) is 31.7 Å². The van der Waals surface area contributed by atoms with E-state index in [4.69, 9.17) is 20.1 Å². The molecule has 0 aromatic heterocycles. The lowest BCUT2D eigenvalue weighted by Crippen LogP contribution is -2.37. The van der Waals surface area contributed by atoms with Gasteiger partial charge in [0.2, 0.25) is 0 Å². The first kappa shape index (κ1) is 36.3. The van der Waals surface area contributed by atoms with Crippen molar-refractivity contribution in [2.45, 2.75) is 20.0 Å². The first-order valence-electron chi connectivity index (χ1n) is 3.22. The van der Waals surface area contributed by atoms with Gasteiger partial charge in [0.25, 0.3) is 0 Å². The molecule has 0 amide bonds. The fourth-order valence-electron chi connectivity index (χ4n) is 0. The van der Waals surface area contributed by atoms with Crippen molar-refractivity contribution in [2.75, 3.05) is 13.2 Å². The van der Waals surface area contributed by atoms with Crippen LogP contribution in [-0.2, 0) is 4.79 Å². The van der Waals surface area contributed by atoms with Gasteiger partial charge in [-0.15, -0.1) is 13.2 Å². The zero-order valence-corrected chi connectivity index (χ0v) is 10.2. The lowest BCUT2D eigenvalue weighted by Gasteiger charge is -2.03. The summed E-state index contributed by atoms with van der Waals surface area (Å²) in [4.78, 5) is 8.78. The van der Waals surface area contributed by atoms with Gasteiger partial charge in [-0.05, 0) is 0 Å². The summed E-state index contributed by atoms with van der Waals surface area (Å²) in [6, 6.07) is 0. The summed E-state index contributed by atoms with van der Waals surface area (Å²) in [6.45, 7) is 3.14. The molecule has 0 rings (SSSR count). The second-order valence-corrected chi connectivity index (χ2v) is 1.36. The molecule has 0 aromatic rings. The standard InChI is InChI=1S/C2HF3O2.2C2H5O.3H3N/c3-2(4,5)1(6)7;2*1-2-3;;;/h(H,6,7);2*2H2,1H3;3*1H3/q;2*-1;;;/p+2. The number of rotatable bonds is 0. The minimum Gasteiger partial charge on any atom is -0.855 e. The zero-order valence-electron chi connectivity index (χ0n) is 10.2. The number of halogens is 3. The monoisotopic (exact) mass is 257 g/mol. The lowest BCUT2D eigenvalue weighted by atomic mass is 10.7. The summed E-state index contributed by atoms with van der Waals surface area (Å²) in [6.07, 6.45) is -5.19. The van der Waals surface area contributed by atoms with Crippen LogP contribution in [0.4, 0.5) is 13.2 Å². The predicted molar refractivity (Wildman–Crippen MR) is 50.1 cm³/mol. The van der Waals surface area contributed by atoms with Crippen LogP contribution in [0.5, 0.6) is 0 Å². The van der Waals surface area contributed by atoms with Crippen molar-refractivity contribution in [3.05, 3.63) is 0 Å². The van der Waals surface area contributed by atoms with Gasteiger partial charge >= 0.3 is 6.18 Å². The number of alkyl halides is 3. The Morgan fingerprint density at radius 2 is 1.06 bits per heavy atom. The Morgan fingerprint density at radius 3 is 1.06 bits per heavy atom. The van der Waals surface area contributed by atoms with Crippen molar-refractivity contribution in [1.29, 1.82) is 0 Å². The van der Waals surface area contributed by atoms with Gasteiger partial charge in [-0.2, -0.15) is 13.2 Å². The molecule has 0 radical (unpaired) electrons. The van der Waals surface area contributed by atoms with Crippen LogP contribution in [0.1, 0.15) is 13.8 Å². The maximum Gasteiger partial charge on any atom is 0.430 e. The fraction of sp³-hybridized carbons (Fsp3) is 0.833. The summed E-state index contributed by atoms with van der Waals surface area (Å²) >= 11 is 0. The third-order valence-electron chi connectivity index (χ3n) is 0.231. The SMILES string of the molecule is CC[O-].CC[O-].O=C([O-])C(F)(F)F.[NH4+].[NH4+].[NH4+]. The molecule has 0 aromatic carbocycles. The Morgan fingerprint density at radius 1 is 1.00 bits per heavy atom. The number of hydrogen-bond donors (Lipinski definition) is 3. The molecule has 7 nitrogen and oxygen atoms in total. The molecule has 0 unspecified atom stereocenters. The zero-order chi connectivity index (χ0) is 11.5. The van der Waals surface area contributed by atoms with Gasteiger partial charge in [0.1, 0.15) is 5.97 Å². The van der Waals surface area contributed by atoms with E-state index in [0.29, 0.717) is 0 Å². The van der Waals surface area contributed by atoms with E-state index in [1.165, 1.54) is 0 Å². The van der Waals surface area contributed by atoms with E-state index in [9.17, 15) is 13.2 Å². The molecule has 10 heteroatoms. The Bertz CT molecular complexity index is 122. The maximum atomic E-state index is 10.5. The van der Waals surface area contributed by atoms with Crippen LogP contribution in [0.15, 0.2) is 0 Å². The molecule has 0 spiro atoms. The van der Waals surface area contributed by atoms with Gasteiger partial charge in [0.05, 0.1) is 0 Å². The molecule has 16 heavy (non-hydrogen) atoms. The first-order valence-corrected chi connectivity index (χ1v) is 3.22. The molecule has 0 bridgehead atoms. The van der Waals surface area contributed by atoms with E-state index >= 15 is 0 Å². The topological polar surface area (TPSA) is 196 Å². The fourth-order valence-corrected chi connectivity index (χ4v) is 0. The smallest absolute Gasteiger partial charge is 0.430 e. The van der Waals surface area contributed by atoms with Crippen LogP contribution < -0.4 is 33.8 Å². The van der Waals surface area contributed by atoms with Crippen molar-refractivity contribution in [2.24, 2.45) is 0 Å². The summed E-state index contributed by atoms with van der Waals surface area (Å²) < 4.78 is 31.5. The molecule has 0 aliphatic rings. The Kier molecular flexibility index (Phi) is 53.7. The van der Waals surface area contributed by atoms with Crippen LogP contribution in [0, 0.1) is 0 Å². The van der Waals surface area contributed by atoms with Crippen LogP contribution >= 0.6 is 0 Å². The first-order chi connectivity index (χ1) is 5.77. The number of carbonyl (C=O) groups is 1. The number of carbonyl (C=O) groups excluding carboxylic acids is 1. The number of aliphatic carboxylic acids is 1. The molecule has 0 fully saturated rings. The van der Waals surface area contributed by atoms with Gasteiger partial charge < -0.3 is 38.6 Å². The van der Waals surface area contributed by atoms with Gasteiger partial charge in [0, 0.05) is 0 Å². The van der Waals surface area contributed by atoms with Crippen LogP contribution in [0.25, 0.3) is 0 Å². The molecule has 0 saturated heterocycles. The van der Waals surface area contributed by atoms with Gasteiger partial charge in [-0.25, -0.2) is 0 Å². The second kappa shape index (κ2) is 23.7. The molecular weight excluding hydrogens is 235 g/mol. The molecular formula is C6H22F3N3O4. The number of carboxylic acid groups (broad SMARTS) is 1. The molecule has 0 aliphatic heterocycles. The van der Waals surface area contributed by atoms with Crippen LogP contribution in [-0.4, -0.2) is 25.4 Å². The molecule has 0 heterocycles. The number of quaternary nitrogens is 3. The highest BCUT2D eigenvalue weighted by atomic mass is 19.4. The molecule has 0 atom stereocenters. The predicted octanol–water partition coefficient (Wildman–Crippen LogP) is -0.840. The quantitative estimate of drug-likeness (QED) is 0.508. The van der Waals surface area contributed by atoms with E-state index in [2.05, 4.69) is 0 Å². The number of carboxylic acids is 1. The van der Waals surface area contributed by atoms with E-state index < -0.39 is 12.1 Å². The molecule has 106 valence electrons.